The van der Waals surface area contributed by atoms with Crippen molar-refractivity contribution in [2.24, 2.45) is 5.92 Å². The summed E-state index contributed by atoms with van der Waals surface area (Å²) in [5.74, 6) is 1.57. The van der Waals surface area contributed by atoms with Crippen LogP contribution in [0.15, 0.2) is 34.7 Å². The van der Waals surface area contributed by atoms with Crippen molar-refractivity contribution >= 4 is 46.5 Å². The highest BCUT2D eigenvalue weighted by atomic mass is 35.5. The lowest BCUT2D eigenvalue weighted by Crippen LogP contribution is -2.29. The number of nitrogens with one attached hydrogen (secondary N) is 2. The molecule has 3 rings (SSSR count). The summed E-state index contributed by atoms with van der Waals surface area (Å²) in [4.78, 5) is 11.8. The third-order valence-electron chi connectivity index (χ3n) is 3.27. The summed E-state index contributed by atoms with van der Waals surface area (Å²) in [6, 6.07) is 10.2. The molecule has 124 valence electrons. The van der Waals surface area contributed by atoms with Gasteiger partial charge >= 0.3 is 0 Å². The van der Waals surface area contributed by atoms with E-state index in [0.29, 0.717) is 11.7 Å². The molecule has 0 spiro atoms. The van der Waals surface area contributed by atoms with Gasteiger partial charge in [-0.25, -0.2) is 0 Å². The van der Waals surface area contributed by atoms with Gasteiger partial charge in [-0.1, -0.05) is 53.4 Å². The van der Waals surface area contributed by atoms with Gasteiger partial charge in [0.15, 0.2) is 4.34 Å². The predicted molar refractivity (Wildman–Crippen MR) is 97.4 cm³/mol. The highest BCUT2D eigenvalue weighted by Gasteiger charge is 2.20. The zero-order valence-corrected chi connectivity index (χ0v) is 15.0. The van der Waals surface area contributed by atoms with Crippen LogP contribution >= 0.6 is 35.5 Å². The maximum absolute atomic E-state index is 11.8. The summed E-state index contributed by atoms with van der Waals surface area (Å²) >= 11 is 3.04. The molecule has 0 unspecified atom stereocenters. The van der Waals surface area contributed by atoms with Gasteiger partial charge in [0.2, 0.25) is 11.0 Å². The standard InChI is InChI=1S/C15H18N4OS2.ClH/c20-13(9-16-8-11-6-7-11)17-14-18-19-15(22-14)21-10-12-4-2-1-3-5-12;/h1-5,11,16H,6-10H2,(H,17,18,20);1H. The fourth-order valence-corrected chi connectivity index (χ4v) is 3.64. The smallest absolute Gasteiger partial charge is 0.240 e. The maximum atomic E-state index is 11.8. The molecule has 1 aromatic carbocycles. The van der Waals surface area contributed by atoms with Crippen molar-refractivity contribution in [3.8, 4) is 0 Å². The van der Waals surface area contributed by atoms with Crippen LogP contribution in [0.5, 0.6) is 0 Å². The molecule has 0 bridgehead atoms. The Bertz CT molecular complexity index is 619. The molecular formula is C15H19ClN4OS2. The molecule has 1 saturated carbocycles. The van der Waals surface area contributed by atoms with Gasteiger partial charge in [0.05, 0.1) is 6.54 Å². The van der Waals surface area contributed by atoms with Gasteiger partial charge in [0.25, 0.3) is 0 Å². The number of carbonyl (C=O) groups excluding carboxylic acids is 1. The number of thioether (sulfide) groups is 1. The largest absolute Gasteiger partial charge is 0.308 e. The molecule has 1 heterocycles. The number of anilines is 1. The summed E-state index contributed by atoms with van der Waals surface area (Å²) in [6.45, 7) is 1.27. The van der Waals surface area contributed by atoms with Gasteiger partial charge in [0.1, 0.15) is 0 Å². The van der Waals surface area contributed by atoms with Crippen LogP contribution in [0.2, 0.25) is 0 Å². The monoisotopic (exact) mass is 370 g/mol. The van der Waals surface area contributed by atoms with E-state index in [2.05, 4.69) is 33.0 Å². The minimum absolute atomic E-state index is 0. The first-order chi connectivity index (χ1) is 10.8. The lowest BCUT2D eigenvalue weighted by atomic mass is 10.2. The lowest BCUT2D eigenvalue weighted by molar-refractivity contribution is -0.115. The van der Waals surface area contributed by atoms with Gasteiger partial charge in [-0.05, 0) is 30.9 Å². The van der Waals surface area contributed by atoms with Gasteiger partial charge in [0, 0.05) is 5.75 Å². The van der Waals surface area contributed by atoms with E-state index in [0.717, 1.165) is 22.6 Å². The van der Waals surface area contributed by atoms with Gasteiger partial charge < -0.3 is 5.32 Å². The fraction of sp³-hybridized carbons (Fsp3) is 0.400. The average Bonchev–Trinajstić information content (AvgIpc) is 3.25. The van der Waals surface area contributed by atoms with Crippen LogP contribution in [0, 0.1) is 5.92 Å². The highest BCUT2D eigenvalue weighted by Crippen LogP contribution is 2.28. The third kappa shape index (κ3) is 6.47. The first-order valence-electron chi connectivity index (χ1n) is 7.30. The van der Waals surface area contributed by atoms with Crippen molar-refractivity contribution in [1.82, 2.24) is 15.5 Å². The molecule has 2 aromatic rings. The SMILES string of the molecule is Cl.O=C(CNCC1CC1)Nc1nnc(SCc2ccccc2)s1. The number of carbonyl (C=O) groups is 1. The van der Waals surface area contributed by atoms with E-state index >= 15 is 0 Å². The normalized spacial score (nSPS) is 13.4. The van der Waals surface area contributed by atoms with Crippen molar-refractivity contribution in [2.45, 2.75) is 22.9 Å². The first kappa shape index (κ1) is 18.2. The molecule has 2 N–H and O–H groups in total. The minimum atomic E-state index is -0.0589. The predicted octanol–water partition coefficient (Wildman–Crippen LogP) is 3.19. The fourth-order valence-electron chi connectivity index (χ4n) is 1.91. The van der Waals surface area contributed by atoms with Crippen LogP contribution in [-0.2, 0) is 10.5 Å². The molecule has 0 aliphatic heterocycles. The van der Waals surface area contributed by atoms with Crippen LogP contribution in [0.1, 0.15) is 18.4 Å². The van der Waals surface area contributed by atoms with E-state index < -0.39 is 0 Å². The summed E-state index contributed by atoms with van der Waals surface area (Å²) in [6.07, 6.45) is 2.57. The van der Waals surface area contributed by atoms with E-state index in [4.69, 9.17) is 0 Å². The molecule has 0 saturated heterocycles. The number of nitrogens with zero attached hydrogens (tertiary/aromatic N) is 2. The Labute approximate surface area is 150 Å². The number of hydrogen-bond acceptors (Lipinski definition) is 6. The van der Waals surface area contributed by atoms with Crippen molar-refractivity contribution in [1.29, 1.82) is 0 Å². The quantitative estimate of drug-likeness (QED) is 0.551. The van der Waals surface area contributed by atoms with E-state index in [9.17, 15) is 4.79 Å². The van der Waals surface area contributed by atoms with Crippen LogP contribution < -0.4 is 10.6 Å². The topological polar surface area (TPSA) is 66.9 Å². The van der Waals surface area contributed by atoms with Crippen molar-refractivity contribution in [2.75, 3.05) is 18.4 Å². The van der Waals surface area contributed by atoms with Gasteiger partial charge in [-0.15, -0.1) is 22.6 Å². The van der Waals surface area contributed by atoms with Crippen molar-refractivity contribution < 1.29 is 4.79 Å². The highest BCUT2D eigenvalue weighted by molar-refractivity contribution is 8.00. The van der Waals surface area contributed by atoms with Crippen molar-refractivity contribution in [3.63, 3.8) is 0 Å². The van der Waals surface area contributed by atoms with Crippen LogP contribution in [0.25, 0.3) is 0 Å². The lowest BCUT2D eigenvalue weighted by Gasteiger charge is -2.02. The summed E-state index contributed by atoms with van der Waals surface area (Å²) in [5.41, 5.74) is 1.25. The summed E-state index contributed by atoms with van der Waals surface area (Å²) < 4.78 is 0.866. The number of rotatable bonds is 8. The maximum Gasteiger partial charge on any atom is 0.240 e. The molecule has 1 amide bonds. The second-order valence-electron chi connectivity index (χ2n) is 5.27. The number of hydrogen-bond donors (Lipinski definition) is 2. The Hall–Kier alpha value is -1.15. The van der Waals surface area contributed by atoms with Gasteiger partial charge in [-0.3, -0.25) is 10.1 Å². The number of amides is 1. The number of aromatic nitrogens is 2. The Kier molecular flexibility index (Phi) is 7.29. The van der Waals surface area contributed by atoms with E-state index in [-0.39, 0.29) is 18.3 Å². The summed E-state index contributed by atoms with van der Waals surface area (Å²) in [5, 5.41) is 14.6. The second-order valence-corrected chi connectivity index (χ2v) is 7.47. The molecule has 8 heteroatoms. The van der Waals surface area contributed by atoms with Crippen molar-refractivity contribution in [3.05, 3.63) is 35.9 Å². The molecule has 1 aliphatic carbocycles. The van der Waals surface area contributed by atoms with E-state index in [1.807, 2.05) is 18.2 Å². The zero-order chi connectivity index (χ0) is 15.2. The number of halogens is 1. The Balaban J connectivity index is 0.00000192. The second kappa shape index (κ2) is 9.22. The van der Waals surface area contributed by atoms with Gasteiger partial charge in [-0.2, -0.15) is 0 Å². The van der Waals surface area contributed by atoms with Crippen LogP contribution in [0.4, 0.5) is 5.13 Å². The number of benzene rings is 1. The van der Waals surface area contributed by atoms with Crippen LogP contribution in [0.3, 0.4) is 0 Å². The van der Waals surface area contributed by atoms with Crippen LogP contribution in [-0.4, -0.2) is 29.2 Å². The molecule has 1 aliphatic rings. The Morgan fingerprint density at radius 2 is 2.04 bits per heavy atom. The minimum Gasteiger partial charge on any atom is -0.308 e. The first-order valence-corrected chi connectivity index (χ1v) is 9.10. The zero-order valence-electron chi connectivity index (χ0n) is 12.5. The Morgan fingerprint density at radius 3 is 2.78 bits per heavy atom. The van der Waals surface area contributed by atoms with E-state index in [1.54, 1.807) is 11.8 Å². The summed E-state index contributed by atoms with van der Waals surface area (Å²) in [7, 11) is 0. The molecule has 0 atom stereocenters. The molecule has 23 heavy (non-hydrogen) atoms. The molecule has 0 radical (unpaired) electrons. The molecule has 1 aromatic heterocycles. The Morgan fingerprint density at radius 1 is 1.26 bits per heavy atom. The molecular weight excluding hydrogens is 352 g/mol. The van der Waals surface area contributed by atoms with E-state index in [1.165, 1.54) is 29.7 Å². The molecule has 5 nitrogen and oxygen atoms in total. The average molecular weight is 371 g/mol. The third-order valence-corrected chi connectivity index (χ3v) is 5.32. The molecule has 1 fully saturated rings.